The molecule has 4 aromatic heterocycles. The molecule has 13 heteroatoms. The molecule has 1 N–H and O–H groups in total. The third-order valence-corrected chi connectivity index (χ3v) is 5.69. The topological polar surface area (TPSA) is 84.9 Å². The molecule has 1 aliphatic heterocycles. The van der Waals surface area contributed by atoms with Gasteiger partial charge in [0.15, 0.2) is 0 Å². The Hall–Kier alpha value is -3.48. The Balaban J connectivity index is 1.54. The average molecular weight is 464 g/mol. The zero-order chi connectivity index (χ0) is 23.3. The van der Waals surface area contributed by atoms with Gasteiger partial charge in [0.05, 0.1) is 25.9 Å². The number of fused-ring (bicyclic) bond motifs is 2. The number of aromatic nitrogens is 6. The van der Waals surface area contributed by atoms with Crippen LogP contribution in [0.2, 0.25) is 0 Å². The van der Waals surface area contributed by atoms with Crippen molar-refractivity contribution in [2.75, 3.05) is 32.6 Å². The van der Waals surface area contributed by atoms with Gasteiger partial charge in [-0.05, 0) is 19.5 Å². The van der Waals surface area contributed by atoms with Crippen LogP contribution in [0, 0.1) is 0 Å². The summed E-state index contributed by atoms with van der Waals surface area (Å²) in [4.78, 5) is 13.9. The van der Waals surface area contributed by atoms with Crippen molar-refractivity contribution < 1.29 is 22.3 Å². The largest absolute Gasteiger partial charge is 0.479 e. The Kier molecular flexibility index (Phi) is 5.07. The zero-order valence-corrected chi connectivity index (χ0v) is 17.7. The number of ether oxygens (including phenoxy) is 1. The van der Waals surface area contributed by atoms with Crippen molar-refractivity contribution in [2.45, 2.75) is 24.8 Å². The van der Waals surface area contributed by atoms with Crippen LogP contribution in [-0.4, -0.2) is 73.1 Å². The molecule has 0 aromatic carbocycles. The molecule has 0 unspecified atom stereocenters. The van der Waals surface area contributed by atoms with E-state index < -0.39 is 18.4 Å². The van der Waals surface area contributed by atoms with E-state index in [2.05, 4.69) is 25.4 Å². The molecule has 0 bridgehead atoms. The molecule has 0 radical (unpaired) electrons. The van der Waals surface area contributed by atoms with Crippen LogP contribution < -0.4 is 10.1 Å². The van der Waals surface area contributed by atoms with Crippen molar-refractivity contribution in [1.82, 2.24) is 33.9 Å². The number of nitrogens with one attached hydrogen (secondary N) is 1. The van der Waals surface area contributed by atoms with E-state index in [1.807, 2.05) is 0 Å². The van der Waals surface area contributed by atoms with Gasteiger partial charge in [0, 0.05) is 36.3 Å². The first kappa shape index (κ1) is 21.4. The average Bonchev–Trinajstić information content (AvgIpc) is 3.38. The number of nitrogens with zero attached hydrogens (tertiary/aromatic N) is 7. The van der Waals surface area contributed by atoms with Gasteiger partial charge in [-0.2, -0.15) is 4.98 Å². The highest BCUT2D eigenvalue weighted by Gasteiger charge is 2.44. The molecule has 5 heterocycles. The molecular formula is C20H20F4N8O. The lowest BCUT2D eigenvalue weighted by Gasteiger charge is -2.36. The van der Waals surface area contributed by atoms with E-state index in [-0.39, 0.29) is 36.3 Å². The van der Waals surface area contributed by atoms with Crippen molar-refractivity contribution in [3.8, 4) is 17.0 Å². The summed E-state index contributed by atoms with van der Waals surface area (Å²) in [6.45, 7) is 0.159. The Labute approximate surface area is 185 Å². The number of methoxy groups -OCH3 is 1. The molecular weight excluding hydrogens is 444 g/mol. The van der Waals surface area contributed by atoms with Gasteiger partial charge >= 0.3 is 0 Å². The number of hydrogen-bond donors (Lipinski definition) is 1. The van der Waals surface area contributed by atoms with Crippen LogP contribution in [0.1, 0.15) is 18.5 Å². The summed E-state index contributed by atoms with van der Waals surface area (Å²) >= 11 is 0. The predicted molar refractivity (Wildman–Crippen MR) is 111 cm³/mol. The van der Waals surface area contributed by atoms with Gasteiger partial charge in [-0.3, -0.25) is 4.40 Å². The lowest BCUT2D eigenvalue weighted by molar-refractivity contribution is -0.0675. The van der Waals surface area contributed by atoms with Crippen LogP contribution in [0.25, 0.3) is 22.4 Å². The second kappa shape index (κ2) is 7.83. The molecule has 1 atom stereocenters. The maximum absolute atomic E-state index is 14.5. The monoisotopic (exact) mass is 464 g/mol. The van der Waals surface area contributed by atoms with Crippen molar-refractivity contribution in [3.05, 3.63) is 36.5 Å². The van der Waals surface area contributed by atoms with Crippen LogP contribution in [-0.2, 0) is 0 Å². The van der Waals surface area contributed by atoms with Crippen LogP contribution in [0.4, 0.5) is 23.5 Å². The number of hydrogen-bond acceptors (Lipinski definition) is 7. The van der Waals surface area contributed by atoms with E-state index in [0.717, 1.165) is 6.20 Å². The van der Waals surface area contributed by atoms with Gasteiger partial charge in [0.1, 0.15) is 11.2 Å². The Morgan fingerprint density at radius 2 is 2.03 bits per heavy atom. The van der Waals surface area contributed by atoms with Crippen LogP contribution >= 0.6 is 0 Å². The molecule has 4 aromatic rings. The maximum Gasteiger partial charge on any atom is 0.280 e. The smallest absolute Gasteiger partial charge is 0.280 e. The molecule has 0 amide bonds. The fourth-order valence-corrected chi connectivity index (χ4v) is 4.06. The van der Waals surface area contributed by atoms with Crippen LogP contribution in [0.3, 0.4) is 0 Å². The quantitative estimate of drug-likeness (QED) is 0.454. The summed E-state index contributed by atoms with van der Waals surface area (Å²) in [7, 11) is 3.05. The van der Waals surface area contributed by atoms with E-state index in [1.165, 1.54) is 28.4 Å². The maximum atomic E-state index is 14.5. The van der Waals surface area contributed by atoms with Crippen molar-refractivity contribution in [3.63, 3.8) is 0 Å². The van der Waals surface area contributed by atoms with Gasteiger partial charge in [-0.15, -0.1) is 5.10 Å². The number of piperidine rings is 1. The number of anilines is 1. The number of rotatable bonds is 5. The highest BCUT2D eigenvalue weighted by molar-refractivity contribution is 5.84. The first-order chi connectivity index (χ1) is 15.8. The molecule has 1 saturated heterocycles. The number of halogens is 4. The summed E-state index contributed by atoms with van der Waals surface area (Å²) in [6.07, 6.45) is 3.20. The third kappa shape index (κ3) is 3.71. The van der Waals surface area contributed by atoms with Crippen LogP contribution in [0.15, 0.2) is 30.9 Å². The molecule has 0 aliphatic carbocycles. The van der Waals surface area contributed by atoms with Crippen molar-refractivity contribution in [2.24, 2.45) is 0 Å². The Morgan fingerprint density at radius 1 is 1.24 bits per heavy atom. The normalized spacial score (nSPS) is 18.9. The second-order valence-electron chi connectivity index (χ2n) is 7.95. The third-order valence-electron chi connectivity index (χ3n) is 5.69. The number of imidazole rings is 1. The fraction of sp³-hybridized carbons (Fsp3) is 0.400. The Morgan fingerprint density at radius 3 is 2.76 bits per heavy atom. The number of likely N-dealkylation sites (tertiary alicyclic amines) is 1. The van der Waals surface area contributed by atoms with E-state index in [0.29, 0.717) is 23.2 Å². The van der Waals surface area contributed by atoms with Gasteiger partial charge < -0.3 is 15.0 Å². The molecule has 1 aliphatic rings. The van der Waals surface area contributed by atoms with E-state index in [9.17, 15) is 17.6 Å². The molecule has 174 valence electrons. The van der Waals surface area contributed by atoms with Crippen molar-refractivity contribution >= 4 is 17.2 Å². The number of alkyl halides is 4. The second-order valence-corrected chi connectivity index (χ2v) is 7.95. The molecule has 9 nitrogen and oxygen atoms in total. The van der Waals surface area contributed by atoms with Crippen LogP contribution in [0.5, 0.6) is 5.88 Å². The lowest BCUT2D eigenvalue weighted by atomic mass is 10.0. The van der Waals surface area contributed by atoms with Crippen molar-refractivity contribution in [1.29, 1.82) is 0 Å². The van der Waals surface area contributed by atoms with E-state index in [4.69, 9.17) is 4.74 Å². The molecule has 5 rings (SSSR count). The van der Waals surface area contributed by atoms with Gasteiger partial charge in [0.25, 0.3) is 12.3 Å². The minimum Gasteiger partial charge on any atom is -0.479 e. The molecule has 1 fully saturated rings. The summed E-state index contributed by atoms with van der Waals surface area (Å²) < 4.78 is 63.6. The zero-order valence-electron chi connectivity index (χ0n) is 17.7. The minimum atomic E-state index is -2.95. The van der Waals surface area contributed by atoms with E-state index in [1.54, 1.807) is 24.2 Å². The predicted octanol–water partition coefficient (Wildman–Crippen LogP) is 3.14. The first-order valence-electron chi connectivity index (χ1n) is 10.1. The SMILES string of the molecule is COc1nc(N[C@@H]2CCN(C)CC2(F)F)nn2ccc(-c3cnc4ncc(C(F)F)n4c3)c12. The molecule has 0 spiro atoms. The highest BCUT2D eigenvalue weighted by Crippen LogP contribution is 2.33. The van der Waals surface area contributed by atoms with Gasteiger partial charge in [0.2, 0.25) is 17.6 Å². The molecule has 33 heavy (non-hydrogen) atoms. The standard InChI is InChI=1S/C20H20F4N8O/c1-30-5-4-14(20(23,24)10-30)27-18-28-17(33-2)15-12(3-6-32(15)29-18)11-7-25-19-26-8-13(16(21)22)31(19)9-11/h3,6-9,14,16H,4-5,10H2,1-2H3,(H,27,29)/t14-/m1/s1. The highest BCUT2D eigenvalue weighted by atomic mass is 19.3. The fourth-order valence-electron chi connectivity index (χ4n) is 4.06. The Bertz CT molecular complexity index is 1320. The summed E-state index contributed by atoms with van der Waals surface area (Å²) in [6, 6.07) is 0.578. The van der Waals surface area contributed by atoms with Gasteiger partial charge in [-0.1, -0.05) is 0 Å². The van der Waals surface area contributed by atoms with E-state index >= 15 is 0 Å². The summed E-state index contributed by atoms with van der Waals surface area (Å²) in [5.74, 6) is -2.66. The lowest BCUT2D eigenvalue weighted by Crippen LogP contribution is -2.53. The molecule has 0 saturated carbocycles. The minimum absolute atomic E-state index is 0.00102. The summed E-state index contributed by atoms with van der Waals surface area (Å²) in [5.41, 5.74) is 1.25. The summed E-state index contributed by atoms with van der Waals surface area (Å²) in [5, 5.41) is 7.06. The first-order valence-corrected chi connectivity index (χ1v) is 10.1. The van der Waals surface area contributed by atoms with Gasteiger partial charge in [-0.25, -0.2) is 32.0 Å².